The average molecular weight is 402 g/mol. The van der Waals surface area contributed by atoms with E-state index in [4.69, 9.17) is 27.1 Å². The molecule has 1 atom stereocenters. The molecule has 3 heterocycles. The minimum Gasteiger partial charge on any atom is -0.376 e. The lowest BCUT2D eigenvalue weighted by Crippen LogP contribution is -2.18. The van der Waals surface area contributed by atoms with E-state index in [1.54, 1.807) is 11.3 Å². The van der Waals surface area contributed by atoms with Crippen molar-refractivity contribution in [1.29, 1.82) is 0 Å². The fraction of sp³-hybridized carbons (Fsp3) is 0.300. The molecule has 0 spiro atoms. The van der Waals surface area contributed by atoms with Crippen LogP contribution >= 0.6 is 22.9 Å². The van der Waals surface area contributed by atoms with Crippen molar-refractivity contribution >= 4 is 28.8 Å². The van der Waals surface area contributed by atoms with Gasteiger partial charge in [-0.2, -0.15) is 0 Å². The number of nitrogens with two attached hydrogens (primary N) is 1. The monoisotopic (exact) mass is 401 g/mol. The van der Waals surface area contributed by atoms with Gasteiger partial charge in [0.05, 0.1) is 23.1 Å². The first kappa shape index (κ1) is 18.2. The molecule has 0 bridgehead atoms. The summed E-state index contributed by atoms with van der Waals surface area (Å²) in [5.41, 5.74) is 9.65. The zero-order chi connectivity index (χ0) is 19.0. The number of hydrogen-bond donors (Lipinski definition) is 1. The van der Waals surface area contributed by atoms with Gasteiger partial charge in [-0.15, -0.1) is 11.3 Å². The van der Waals surface area contributed by atoms with E-state index in [2.05, 4.69) is 4.57 Å². The molecular weight excluding hydrogens is 382 g/mol. The largest absolute Gasteiger partial charge is 0.376 e. The minimum absolute atomic E-state index is 0.154. The fourth-order valence-electron chi connectivity index (χ4n) is 3.48. The maximum atomic E-state index is 11.9. The number of ether oxygens (including phenoxy) is 1. The number of halogens is 1. The van der Waals surface area contributed by atoms with Gasteiger partial charge in [0, 0.05) is 34.8 Å². The van der Waals surface area contributed by atoms with Crippen LogP contribution in [0.25, 0.3) is 22.0 Å². The third-order valence-corrected chi connectivity index (χ3v) is 6.01. The van der Waals surface area contributed by atoms with Crippen LogP contribution in [0.15, 0.2) is 35.7 Å². The Morgan fingerprint density at radius 2 is 2.30 bits per heavy atom. The van der Waals surface area contributed by atoms with Crippen molar-refractivity contribution in [3.8, 4) is 22.0 Å². The van der Waals surface area contributed by atoms with Crippen LogP contribution in [0.2, 0.25) is 5.02 Å². The van der Waals surface area contributed by atoms with Crippen LogP contribution in [0, 0.1) is 6.92 Å². The molecule has 3 aromatic rings. The summed E-state index contributed by atoms with van der Waals surface area (Å²) in [5.74, 6) is -0.426. The van der Waals surface area contributed by atoms with E-state index in [9.17, 15) is 4.79 Å². The van der Waals surface area contributed by atoms with E-state index in [1.165, 1.54) is 0 Å². The summed E-state index contributed by atoms with van der Waals surface area (Å²) < 4.78 is 7.89. The Labute approximate surface area is 166 Å². The van der Waals surface area contributed by atoms with Gasteiger partial charge in [0.2, 0.25) is 0 Å². The average Bonchev–Trinajstić information content (AvgIpc) is 3.37. The van der Waals surface area contributed by atoms with Gasteiger partial charge in [0.25, 0.3) is 5.91 Å². The molecule has 7 heteroatoms. The number of aromatic nitrogens is 2. The number of thiazole rings is 1. The van der Waals surface area contributed by atoms with E-state index in [-0.39, 0.29) is 6.10 Å². The molecule has 1 aromatic carbocycles. The van der Waals surface area contributed by atoms with Gasteiger partial charge in [-0.1, -0.05) is 23.7 Å². The number of carbonyl (C=O) groups excluding carboxylic acids is 1. The quantitative estimate of drug-likeness (QED) is 0.683. The van der Waals surface area contributed by atoms with Crippen LogP contribution in [0.1, 0.15) is 28.9 Å². The first-order valence-electron chi connectivity index (χ1n) is 8.86. The Balaban J connectivity index is 1.74. The Hall–Kier alpha value is -2.15. The highest BCUT2D eigenvalue weighted by atomic mass is 35.5. The molecule has 2 aromatic heterocycles. The second-order valence-electron chi connectivity index (χ2n) is 6.69. The van der Waals surface area contributed by atoms with Crippen LogP contribution in [0.5, 0.6) is 0 Å². The van der Waals surface area contributed by atoms with Gasteiger partial charge in [-0.25, -0.2) is 4.98 Å². The number of rotatable bonds is 5. The Bertz CT molecular complexity index is 989. The van der Waals surface area contributed by atoms with Crippen molar-refractivity contribution in [1.82, 2.24) is 9.55 Å². The lowest BCUT2D eigenvalue weighted by Gasteiger charge is -2.15. The van der Waals surface area contributed by atoms with Gasteiger partial charge in [0.15, 0.2) is 0 Å². The van der Waals surface area contributed by atoms with Crippen molar-refractivity contribution in [2.24, 2.45) is 5.73 Å². The van der Waals surface area contributed by atoms with Gasteiger partial charge in [-0.3, -0.25) is 4.79 Å². The predicted molar refractivity (Wildman–Crippen MR) is 108 cm³/mol. The summed E-state index contributed by atoms with van der Waals surface area (Å²) in [6, 6.07) is 9.47. The van der Waals surface area contributed by atoms with E-state index in [1.807, 2.05) is 42.6 Å². The van der Waals surface area contributed by atoms with Crippen LogP contribution in [-0.4, -0.2) is 28.2 Å². The first-order valence-corrected chi connectivity index (χ1v) is 10.1. The highest BCUT2D eigenvalue weighted by Crippen LogP contribution is 2.33. The molecule has 1 saturated heterocycles. The molecule has 1 unspecified atom stereocenters. The molecule has 27 heavy (non-hydrogen) atoms. The summed E-state index contributed by atoms with van der Waals surface area (Å²) in [5, 5.41) is 3.57. The van der Waals surface area contributed by atoms with Gasteiger partial charge in [0.1, 0.15) is 5.01 Å². The molecule has 1 aliphatic rings. The molecular formula is C20H20ClN3O2S. The number of hydrogen-bond acceptors (Lipinski definition) is 4. The topological polar surface area (TPSA) is 70.1 Å². The maximum absolute atomic E-state index is 11.9. The van der Waals surface area contributed by atoms with E-state index in [0.29, 0.717) is 17.1 Å². The van der Waals surface area contributed by atoms with E-state index >= 15 is 0 Å². The molecule has 1 amide bonds. The number of primary amides is 1. The molecule has 2 N–H and O–H groups in total. The molecule has 1 fully saturated rings. The third kappa shape index (κ3) is 3.65. The van der Waals surface area contributed by atoms with Gasteiger partial charge in [-0.05, 0) is 38.0 Å². The lowest BCUT2D eigenvalue weighted by molar-refractivity contribution is 0.0961. The second kappa shape index (κ2) is 7.46. The van der Waals surface area contributed by atoms with Crippen LogP contribution in [-0.2, 0) is 11.3 Å². The summed E-state index contributed by atoms with van der Waals surface area (Å²) in [6.07, 6.45) is 2.24. The molecule has 140 valence electrons. The van der Waals surface area contributed by atoms with Crippen LogP contribution < -0.4 is 5.73 Å². The zero-order valence-corrected chi connectivity index (χ0v) is 16.5. The SMILES string of the molecule is Cc1c(C(N)=O)cc(-c2csc(-c3cccc(Cl)c3)n2)n1CC1CCCO1. The summed E-state index contributed by atoms with van der Waals surface area (Å²) in [7, 11) is 0. The molecule has 0 aliphatic carbocycles. The number of benzene rings is 1. The normalized spacial score (nSPS) is 16.7. The second-order valence-corrected chi connectivity index (χ2v) is 7.98. The predicted octanol–water partition coefficient (Wildman–Crippen LogP) is 4.52. The van der Waals surface area contributed by atoms with Crippen LogP contribution in [0.4, 0.5) is 0 Å². The lowest BCUT2D eigenvalue weighted by atomic mass is 10.2. The van der Waals surface area contributed by atoms with Crippen molar-refractivity contribution in [3.63, 3.8) is 0 Å². The fourth-order valence-corrected chi connectivity index (χ4v) is 4.48. The van der Waals surface area contributed by atoms with Crippen molar-refractivity contribution in [3.05, 3.63) is 52.0 Å². The highest BCUT2D eigenvalue weighted by Gasteiger charge is 2.23. The van der Waals surface area contributed by atoms with Gasteiger partial charge >= 0.3 is 0 Å². The summed E-state index contributed by atoms with van der Waals surface area (Å²) >= 11 is 7.66. The zero-order valence-electron chi connectivity index (χ0n) is 14.9. The van der Waals surface area contributed by atoms with Crippen molar-refractivity contribution < 1.29 is 9.53 Å². The Morgan fingerprint density at radius 3 is 3.00 bits per heavy atom. The molecule has 0 radical (unpaired) electrons. The van der Waals surface area contributed by atoms with Crippen molar-refractivity contribution in [2.75, 3.05) is 6.61 Å². The standard InChI is InChI=1S/C20H20ClN3O2S/c1-12-16(19(22)25)9-18(24(12)10-15-6-3-7-26-15)17-11-27-20(23-17)13-4-2-5-14(21)8-13/h2,4-5,8-9,11,15H,3,6-7,10H2,1H3,(H2,22,25). The highest BCUT2D eigenvalue weighted by molar-refractivity contribution is 7.13. The Morgan fingerprint density at radius 1 is 1.44 bits per heavy atom. The smallest absolute Gasteiger partial charge is 0.250 e. The molecule has 0 saturated carbocycles. The van der Waals surface area contributed by atoms with E-state index < -0.39 is 5.91 Å². The summed E-state index contributed by atoms with van der Waals surface area (Å²) in [6.45, 7) is 3.40. The molecule has 1 aliphatic heterocycles. The minimum atomic E-state index is -0.426. The van der Waals surface area contributed by atoms with Crippen molar-refractivity contribution in [2.45, 2.75) is 32.4 Å². The molecule has 4 rings (SSSR count). The summed E-state index contributed by atoms with van der Waals surface area (Å²) in [4.78, 5) is 16.7. The van der Waals surface area contributed by atoms with Gasteiger partial charge < -0.3 is 15.0 Å². The maximum Gasteiger partial charge on any atom is 0.250 e. The number of amides is 1. The number of nitrogens with zero attached hydrogens (tertiary/aromatic N) is 2. The number of carbonyl (C=O) groups is 1. The third-order valence-electron chi connectivity index (χ3n) is 4.88. The van der Waals surface area contributed by atoms with E-state index in [0.717, 1.165) is 47.1 Å². The molecule has 5 nitrogen and oxygen atoms in total. The van der Waals surface area contributed by atoms with Crippen LogP contribution in [0.3, 0.4) is 0 Å². The Kier molecular flexibility index (Phi) is 5.04. The first-order chi connectivity index (χ1) is 13.0.